The molecule has 0 heterocycles. The zero-order chi connectivity index (χ0) is 22.1. The molecule has 5 atom stereocenters. The molecule has 2 saturated carbocycles. The number of phenols is 1. The van der Waals surface area contributed by atoms with Gasteiger partial charge in [0.2, 0.25) is 0 Å². The van der Waals surface area contributed by atoms with Gasteiger partial charge in [-0.15, -0.1) is 0 Å². The second-order valence-electron chi connectivity index (χ2n) is 10.4. The summed E-state index contributed by atoms with van der Waals surface area (Å²) in [5, 5.41) is 11.1. The number of ketones is 1. The topological polar surface area (TPSA) is 46.5 Å². The summed E-state index contributed by atoms with van der Waals surface area (Å²) < 4.78 is 6.31. The van der Waals surface area contributed by atoms with Crippen LogP contribution in [-0.4, -0.2) is 17.0 Å². The fraction of sp³-hybridized carbons (Fsp3) is 0.552. The maximum Gasteiger partial charge on any atom is 0.133 e. The third-order valence-corrected chi connectivity index (χ3v) is 8.28. The summed E-state index contributed by atoms with van der Waals surface area (Å²) in [6, 6.07) is 14.6. The van der Waals surface area contributed by atoms with E-state index in [9.17, 15) is 9.90 Å². The number of hydrogen-bond acceptors (Lipinski definition) is 3. The highest BCUT2D eigenvalue weighted by Crippen LogP contribution is 2.58. The summed E-state index contributed by atoms with van der Waals surface area (Å²) in [5.74, 6) is 3.42. The Bertz CT molecular complexity index is 950. The lowest BCUT2D eigenvalue weighted by Gasteiger charge is -2.48. The number of ether oxygens (including phenoxy) is 1. The molecule has 3 aliphatic rings. The lowest BCUT2D eigenvalue weighted by atomic mass is 9.55. The molecule has 1 unspecified atom stereocenters. The standard InChI is InChI=1S/C29H36O3/c1-19(8-7-11-20-9-3-2-4-10-20)32-22-17-27-24-13-6-5-12-23(24)25-15-14-21(30)16-26(25)29(27)28(31)18-22/h2-4,9-10,17-19,23-26,31H,5-8,11-16H2,1H3/t19?,23-,24-,25-,26+/m1/s1. The van der Waals surface area contributed by atoms with Crippen LogP contribution in [0.1, 0.15) is 93.2 Å². The van der Waals surface area contributed by atoms with E-state index in [1.165, 1.54) is 36.8 Å². The van der Waals surface area contributed by atoms with Crippen molar-refractivity contribution in [1.29, 1.82) is 0 Å². The van der Waals surface area contributed by atoms with E-state index in [4.69, 9.17) is 4.74 Å². The lowest BCUT2D eigenvalue weighted by Crippen LogP contribution is -2.38. The molecule has 0 saturated heterocycles. The van der Waals surface area contributed by atoms with E-state index < -0.39 is 0 Å². The molecule has 3 aliphatic carbocycles. The predicted molar refractivity (Wildman–Crippen MR) is 127 cm³/mol. The first-order chi connectivity index (χ1) is 15.6. The van der Waals surface area contributed by atoms with Gasteiger partial charge in [0.25, 0.3) is 0 Å². The van der Waals surface area contributed by atoms with Crippen molar-refractivity contribution < 1.29 is 14.6 Å². The fourth-order valence-corrected chi connectivity index (χ4v) is 6.86. The Morgan fingerprint density at radius 3 is 2.66 bits per heavy atom. The molecule has 2 aromatic rings. The molecule has 0 radical (unpaired) electrons. The van der Waals surface area contributed by atoms with Crippen LogP contribution in [0.2, 0.25) is 0 Å². The highest BCUT2D eigenvalue weighted by Gasteiger charge is 2.47. The van der Waals surface area contributed by atoms with Gasteiger partial charge in [0, 0.05) is 24.5 Å². The van der Waals surface area contributed by atoms with E-state index in [-0.39, 0.29) is 12.0 Å². The Labute approximate surface area is 192 Å². The van der Waals surface area contributed by atoms with Gasteiger partial charge in [-0.1, -0.05) is 43.2 Å². The molecule has 170 valence electrons. The number of benzene rings is 2. The van der Waals surface area contributed by atoms with Crippen molar-refractivity contribution in [1.82, 2.24) is 0 Å². The summed E-state index contributed by atoms with van der Waals surface area (Å²) in [6.07, 6.45) is 10.6. The SMILES string of the molecule is CC(CCCc1ccccc1)Oc1cc(O)c2c(c1)[C@@H]1CCCC[C@H]1[C@H]1CCC(=O)C[C@H]21. The van der Waals surface area contributed by atoms with Gasteiger partial charge in [-0.05, 0) is 86.3 Å². The molecule has 3 nitrogen and oxygen atoms in total. The Morgan fingerprint density at radius 2 is 1.81 bits per heavy atom. The maximum absolute atomic E-state index is 12.3. The minimum absolute atomic E-state index is 0.103. The minimum Gasteiger partial charge on any atom is -0.508 e. The first kappa shape index (κ1) is 21.6. The molecule has 1 N–H and O–H groups in total. The zero-order valence-electron chi connectivity index (χ0n) is 19.3. The van der Waals surface area contributed by atoms with E-state index in [0.29, 0.717) is 35.7 Å². The fourth-order valence-electron chi connectivity index (χ4n) is 6.86. The van der Waals surface area contributed by atoms with E-state index >= 15 is 0 Å². The van der Waals surface area contributed by atoms with Gasteiger partial charge in [-0.25, -0.2) is 0 Å². The zero-order valence-corrected chi connectivity index (χ0v) is 19.3. The first-order valence-electron chi connectivity index (χ1n) is 12.7. The van der Waals surface area contributed by atoms with Crippen LogP contribution < -0.4 is 4.74 Å². The van der Waals surface area contributed by atoms with Crippen LogP contribution in [0.25, 0.3) is 0 Å². The van der Waals surface area contributed by atoms with E-state index in [0.717, 1.165) is 43.4 Å². The lowest BCUT2D eigenvalue weighted by molar-refractivity contribution is -0.122. The molecular weight excluding hydrogens is 396 g/mol. The van der Waals surface area contributed by atoms with Crippen LogP contribution in [0.4, 0.5) is 0 Å². The number of fused-ring (bicyclic) bond motifs is 6. The Balaban J connectivity index is 1.33. The summed E-state index contributed by atoms with van der Waals surface area (Å²) in [4.78, 5) is 12.3. The molecule has 2 aromatic carbocycles. The smallest absolute Gasteiger partial charge is 0.133 e. The largest absolute Gasteiger partial charge is 0.508 e. The van der Waals surface area contributed by atoms with Crippen molar-refractivity contribution in [3.05, 3.63) is 59.2 Å². The summed E-state index contributed by atoms with van der Waals surface area (Å²) in [6.45, 7) is 2.13. The number of phenolic OH excluding ortho intramolecular Hbond substituents is 1. The molecule has 0 amide bonds. The number of hydrogen-bond donors (Lipinski definition) is 1. The summed E-state index contributed by atoms with van der Waals surface area (Å²) >= 11 is 0. The highest BCUT2D eigenvalue weighted by molar-refractivity contribution is 5.81. The van der Waals surface area contributed by atoms with Crippen molar-refractivity contribution in [3.8, 4) is 11.5 Å². The number of rotatable bonds is 6. The molecule has 3 heteroatoms. The van der Waals surface area contributed by atoms with E-state index in [1.54, 1.807) is 0 Å². The number of Topliss-reactive ketones (excluding diaryl/α,β-unsaturated/α-hetero) is 1. The third-order valence-electron chi connectivity index (χ3n) is 8.28. The number of aromatic hydroxyl groups is 1. The van der Waals surface area contributed by atoms with Gasteiger partial charge in [0.15, 0.2) is 0 Å². The molecule has 0 aliphatic heterocycles. The normalized spacial score (nSPS) is 27.7. The average molecular weight is 433 g/mol. The van der Waals surface area contributed by atoms with Crippen molar-refractivity contribution in [2.75, 3.05) is 0 Å². The third kappa shape index (κ3) is 4.31. The van der Waals surface area contributed by atoms with Gasteiger partial charge in [-0.3, -0.25) is 4.79 Å². The van der Waals surface area contributed by atoms with Gasteiger partial charge < -0.3 is 9.84 Å². The van der Waals surface area contributed by atoms with Gasteiger partial charge in [0.1, 0.15) is 17.3 Å². The van der Waals surface area contributed by atoms with E-state index in [2.05, 4.69) is 43.3 Å². The van der Waals surface area contributed by atoms with Gasteiger partial charge in [0.05, 0.1) is 6.10 Å². The number of carbonyl (C=O) groups is 1. The maximum atomic E-state index is 12.3. The predicted octanol–water partition coefficient (Wildman–Crippen LogP) is 6.92. The number of carbonyl (C=O) groups excluding carboxylic acids is 1. The molecule has 0 aromatic heterocycles. The van der Waals surface area contributed by atoms with Crippen molar-refractivity contribution in [3.63, 3.8) is 0 Å². The van der Waals surface area contributed by atoms with Crippen LogP contribution in [0, 0.1) is 11.8 Å². The first-order valence-corrected chi connectivity index (χ1v) is 12.7. The minimum atomic E-state index is 0.103. The van der Waals surface area contributed by atoms with Crippen molar-refractivity contribution in [2.45, 2.75) is 89.1 Å². The molecular formula is C29H36O3. The molecule has 32 heavy (non-hydrogen) atoms. The number of aryl methyl sites for hydroxylation is 1. The Kier molecular flexibility index (Phi) is 6.26. The molecule has 2 fully saturated rings. The molecule has 0 spiro atoms. The van der Waals surface area contributed by atoms with Crippen LogP contribution in [0.5, 0.6) is 11.5 Å². The van der Waals surface area contributed by atoms with Crippen LogP contribution >= 0.6 is 0 Å². The van der Waals surface area contributed by atoms with E-state index in [1.807, 2.05) is 6.07 Å². The summed E-state index contributed by atoms with van der Waals surface area (Å²) in [5.41, 5.74) is 3.71. The van der Waals surface area contributed by atoms with Crippen LogP contribution in [-0.2, 0) is 11.2 Å². The Morgan fingerprint density at radius 1 is 1.03 bits per heavy atom. The monoisotopic (exact) mass is 432 g/mol. The average Bonchev–Trinajstić information content (AvgIpc) is 2.79. The van der Waals surface area contributed by atoms with Crippen LogP contribution in [0.15, 0.2) is 42.5 Å². The van der Waals surface area contributed by atoms with Gasteiger partial charge in [-0.2, -0.15) is 0 Å². The van der Waals surface area contributed by atoms with Crippen LogP contribution in [0.3, 0.4) is 0 Å². The summed E-state index contributed by atoms with van der Waals surface area (Å²) in [7, 11) is 0. The quantitative estimate of drug-likeness (QED) is 0.539. The highest BCUT2D eigenvalue weighted by atomic mass is 16.5. The van der Waals surface area contributed by atoms with Crippen molar-refractivity contribution >= 4 is 5.78 Å². The van der Waals surface area contributed by atoms with Gasteiger partial charge >= 0.3 is 0 Å². The second-order valence-corrected chi connectivity index (χ2v) is 10.4. The Hall–Kier alpha value is -2.29. The molecule has 0 bridgehead atoms. The molecule has 5 rings (SSSR count). The second kappa shape index (κ2) is 9.29. The van der Waals surface area contributed by atoms with Crippen molar-refractivity contribution in [2.24, 2.45) is 11.8 Å².